The molecule has 0 unspecified atom stereocenters. The molecule has 0 radical (unpaired) electrons. The standard InChI is InChI=1S/C18H26N2/c1-2-7-17(8-3-1)9-6-12-19-15-10-18(11-16-19)20-13-4-5-14-20/h1-3,6-9,18H,4-5,10-16H2/b9-6+. The number of benzene rings is 1. The lowest BCUT2D eigenvalue weighted by molar-refractivity contribution is 0.135. The molecule has 2 fully saturated rings. The Morgan fingerprint density at radius 3 is 2.35 bits per heavy atom. The highest BCUT2D eigenvalue weighted by Crippen LogP contribution is 2.20. The fourth-order valence-electron chi connectivity index (χ4n) is 3.48. The Morgan fingerprint density at radius 2 is 1.65 bits per heavy atom. The minimum absolute atomic E-state index is 0.867. The maximum absolute atomic E-state index is 2.72. The first-order chi connectivity index (χ1) is 9.92. The molecule has 20 heavy (non-hydrogen) atoms. The van der Waals surface area contributed by atoms with Gasteiger partial charge in [-0.15, -0.1) is 0 Å². The summed E-state index contributed by atoms with van der Waals surface area (Å²) in [5.74, 6) is 0. The van der Waals surface area contributed by atoms with Gasteiger partial charge in [-0.2, -0.15) is 0 Å². The van der Waals surface area contributed by atoms with Crippen LogP contribution in [0.3, 0.4) is 0 Å². The lowest BCUT2D eigenvalue weighted by atomic mass is 10.0. The second-order valence-corrected chi connectivity index (χ2v) is 6.09. The quantitative estimate of drug-likeness (QED) is 0.828. The molecule has 0 atom stereocenters. The van der Waals surface area contributed by atoms with Crippen LogP contribution in [0.5, 0.6) is 0 Å². The highest BCUT2D eigenvalue weighted by molar-refractivity contribution is 5.48. The fourth-order valence-corrected chi connectivity index (χ4v) is 3.48. The first-order valence-corrected chi connectivity index (χ1v) is 8.10. The molecule has 108 valence electrons. The van der Waals surface area contributed by atoms with Crippen LogP contribution in [0.1, 0.15) is 31.2 Å². The van der Waals surface area contributed by atoms with Crippen LogP contribution >= 0.6 is 0 Å². The van der Waals surface area contributed by atoms with E-state index < -0.39 is 0 Å². The van der Waals surface area contributed by atoms with Gasteiger partial charge >= 0.3 is 0 Å². The van der Waals surface area contributed by atoms with Gasteiger partial charge in [0.1, 0.15) is 0 Å². The molecule has 0 bridgehead atoms. The molecule has 2 heterocycles. The number of hydrogen-bond donors (Lipinski definition) is 0. The van der Waals surface area contributed by atoms with Gasteiger partial charge in [0.05, 0.1) is 0 Å². The number of nitrogens with zero attached hydrogens (tertiary/aromatic N) is 2. The molecule has 1 aromatic carbocycles. The van der Waals surface area contributed by atoms with E-state index in [1.165, 1.54) is 57.4 Å². The van der Waals surface area contributed by atoms with E-state index in [4.69, 9.17) is 0 Å². The van der Waals surface area contributed by atoms with E-state index in [1.807, 2.05) is 0 Å². The molecule has 0 spiro atoms. The monoisotopic (exact) mass is 270 g/mol. The van der Waals surface area contributed by atoms with Crippen LogP contribution in [0.25, 0.3) is 6.08 Å². The summed E-state index contributed by atoms with van der Waals surface area (Å²) in [4.78, 5) is 5.31. The van der Waals surface area contributed by atoms with Crippen LogP contribution in [0.2, 0.25) is 0 Å². The third-order valence-electron chi connectivity index (χ3n) is 4.69. The van der Waals surface area contributed by atoms with Crippen LogP contribution in [0.15, 0.2) is 36.4 Å². The lowest BCUT2D eigenvalue weighted by Crippen LogP contribution is -2.43. The van der Waals surface area contributed by atoms with Crippen LogP contribution < -0.4 is 0 Å². The molecule has 2 heteroatoms. The molecule has 0 N–H and O–H groups in total. The first-order valence-electron chi connectivity index (χ1n) is 8.10. The van der Waals surface area contributed by atoms with E-state index in [2.05, 4.69) is 52.3 Å². The smallest absolute Gasteiger partial charge is 0.0166 e. The van der Waals surface area contributed by atoms with Gasteiger partial charge in [0.15, 0.2) is 0 Å². The molecule has 0 aromatic heterocycles. The van der Waals surface area contributed by atoms with E-state index >= 15 is 0 Å². The second-order valence-electron chi connectivity index (χ2n) is 6.09. The lowest BCUT2D eigenvalue weighted by Gasteiger charge is -2.36. The molecule has 2 nitrogen and oxygen atoms in total. The van der Waals surface area contributed by atoms with Crippen molar-refractivity contribution in [3.63, 3.8) is 0 Å². The Kier molecular flexibility index (Phi) is 4.88. The normalized spacial score (nSPS) is 22.8. The number of piperidine rings is 1. The Hall–Kier alpha value is -1.12. The molecule has 2 aliphatic rings. The van der Waals surface area contributed by atoms with Crippen molar-refractivity contribution in [2.45, 2.75) is 31.7 Å². The molecule has 0 aliphatic carbocycles. The topological polar surface area (TPSA) is 6.48 Å². The molecule has 2 aliphatic heterocycles. The van der Waals surface area contributed by atoms with Crippen molar-refractivity contribution >= 4 is 6.08 Å². The number of rotatable bonds is 4. The SMILES string of the molecule is C(=C\c1ccccc1)/CN1CCC(N2CCCC2)CC1. The minimum atomic E-state index is 0.867. The summed E-state index contributed by atoms with van der Waals surface area (Å²) in [5, 5.41) is 0. The summed E-state index contributed by atoms with van der Waals surface area (Å²) in [6.07, 6.45) is 10.1. The van der Waals surface area contributed by atoms with Gasteiger partial charge < -0.3 is 4.90 Å². The summed E-state index contributed by atoms with van der Waals surface area (Å²) in [5.41, 5.74) is 1.31. The van der Waals surface area contributed by atoms with E-state index in [0.717, 1.165) is 12.6 Å². The molecule has 0 amide bonds. The van der Waals surface area contributed by atoms with E-state index in [1.54, 1.807) is 0 Å². The zero-order valence-corrected chi connectivity index (χ0v) is 12.4. The first kappa shape index (κ1) is 13.8. The third-order valence-corrected chi connectivity index (χ3v) is 4.69. The minimum Gasteiger partial charge on any atom is -0.300 e. The summed E-state index contributed by atoms with van der Waals surface area (Å²) in [7, 11) is 0. The summed E-state index contributed by atoms with van der Waals surface area (Å²) >= 11 is 0. The maximum Gasteiger partial charge on any atom is 0.0166 e. The van der Waals surface area contributed by atoms with Crippen LogP contribution in [0, 0.1) is 0 Å². The fraction of sp³-hybridized carbons (Fsp3) is 0.556. The van der Waals surface area contributed by atoms with Crippen LogP contribution in [-0.2, 0) is 0 Å². The van der Waals surface area contributed by atoms with Gasteiger partial charge in [-0.3, -0.25) is 4.90 Å². The van der Waals surface area contributed by atoms with Gasteiger partial charge in [-0.1, -0.05) is 42.5 Å². The van der Waals surface area contributed by atoms with Crippen LogP contribution in [-0.4, -0.2) is 48.6 Å². The van der Waals surface area contributed by atoms with E-state index in [-0.39, 0.29) is 0 Å². The Labute approximate surface area is 123 Å². The predicted molar refractivity (Wildman–Crippen MR) is 85.7 cm³/mol. The summed E-state index contributed by atoms with van der Waals surface area (Å²) in [6.45, 7) is 6.32. The highest BCUT2D eigenvalue weighted by Gasteiger charge is 2.25. The average Bonchev–Trinajstić information content (AvgIpc) is 3.03. The zero-order valence-electron chi connectivity index (χ0n) is 12.4. The van der Waals surface area contributed by atoms with E-state index in [9.17, 15) is 0 Å². The van der Waals surface area contributed by atoms with Crippen molar-refractivity contribution < 1.29 is 0 Å². The third kappa shape index (κ3) is 3.71. The molecular formula is C18H26N2. The maximum atomic E-state index is 2.72. The largest absolute Gasteiger partial charge is 0.300 e. The van der Waals surface area contributed by atoms with Crippen molar-refractivity contribution in [2.75, 3.05) is 32.7 Å². The number of hydrogen-bond acceptors (Lipinski definition) is 2. The van der Waals surface area contributed by atoms with Gasteiger partial charge in [0, 0.05) is 12.6 Å². The predicted octanol–water partition coefficient (Wildman–Crippen LogP) is 3.26. The van der Waals surface area contributed by atoms with E-state index in [0.29, 0.717) is 0 Å². The average molecular weight is 270 g/mol. The summed E-state index contributed by atoms with van der Waals surface area (Å²) in [6, 6.07) is 11.5. The van der Waals surface area contributed by atoms with Gasteiger partial charge in [0.25, 0.3) is 0 Å². The molecule has 3 rings (SSSR count). The van der Waals surface area contributed by atoms with Crippen molar-refractivity contribution in [1.29, 1.82) is 0 Å². The van der Waals surface area contributed by atoms with Gasteiger partial charge in [-0.25, -0.2) is 0 Å². The Balaban J connectivity index is 1.41. The zero-order chi connectivity index (χ0) is 13.6. The Morgan fingerprint density at radius 1 is 0.950 bits per heavy atom. The van der Waals surface area contributed by atoms with Crippen molar-refractivity contribution in [3.05, 3.63) is 42.0 Å². The Bertz CT molecular complexity index is 412. The van der Waals surface area contributed by atoms with Gasteiger partial charge in [0.2, 0.25) is 0 Å². The molecule has 1 aromatic rings. The second kappa shape index (κ2) is 7.05. The molecule has 2 saturated heterocycles. The van der Waals surface area contributed by atoms with Crippen LogP contribution in [0.4, 0.5) is 0 Å². The summed E-state index contributed by atoms with van der Waals surface area (Å²) < 4.78 is 0. The molecular weight excluding hydrogens is 244 g/mol. The van der Waals surface area contributed by atoms with Crippen molar-refractivity contribution in [3.8, 4) is 0 Å². The number of likely N-dealkylation sites (tertiary alicyclic amines) is 2. The van der Waals surface area contributed by atoms with Crippen molar-refractivity contribution in [1.82, 2.24) is 9.80 Å². The van der Waals surface area contributed by atoms with Crippen molar-refractivity contribution in [2.24, 2.45) is 0 Å². The molecule has 0 saturated carbocycles. The highest BCUT2D eigenvalue weighted by atomic mass is 15.2. The van der Waals surface area contributed by atoms with Gasteiger partial charge in [-0.05, 0) is 57.4 Å².